The smallest absolute Gasteiger partial charge is 0.399 e. The van der Waals surface area contributed by atoms with Crippen LogP contribution in [0.15, 0.2) is 59.4 Å². The Morgan fingerprint density at radius 2 is 1.83 bits per heavy atom. The Bertz CT molecular complexity index is 1160. The van der Waals surface area contributed by atoms with Crippen LogP contribution in [-0.4, -0.2) is 15.7 Å². The Morgan fingerprint density at radius 1 is 1.13 bits per heavy atom. The minimum absolute atomic E-state index is 0.104. The zero-order chi connectivity index (χ0) is 22.1. The van der Waals surface area contributed by atoms with Gasteiger partial charge in [-0.25, -0.2) is 4.39 Å². The van der Waals surface area contributed by atoms with Gasteiger partial charge in [0.25, 0.3) is 11.5 Å². The molecule has 10 heteroatoms. The molecular weight excluding hydrogens is 404 g/mol. The number of amides is 1. The number of rotatable bonds is 4. The average molecular weight is 420 g/mol. The maximum atomic E-state index is 14.0. The van der Waals surface area contributed by atoms with Gasteiger partial charge in [-0.05, 0) is 48.9 Å². The Balaban J connectivity index is 1.88. The molecule has 0 saturated carbocycles. The van der Waals surface area contributed by atoms with Crippen molar-refractivity contribution in [2.45, 2.75) is 19.1 Å². The van der Waals surface area contributed by atoms with Crippen LogP contribution in [-0.2, 0) is 6.18 Å². The van der Waals surface area contributed by atoms with Crippen LogP contribution in [0.1, 0.15) is 34.6 Å². The minimum atomic E-state index is -4.59. The van der Waals surface area contributed by atoms with Crippen molar-refractivity contribution in [3.05, 3.63) is 87.6 Å². The van der Waals surface area contributed by atoms with Crippen molar-refractivity contribution in [3.8, 4) is 5.69 Å². The van der Waals surface area contributed by atoms with Crippen molar-refractivity contribution >= 4 is 11.6 Å². The Hall–Kier alpha value is -3.69. The summed E-state index contributed by atoms with van der Waals surface area (Å²) in [7, 11) is 0. The van der Waals surface area contributed by atoms with Crippen LogP contribution < -0.4 is 16.6 Å². The van der Waals surface area contributed by atoms with Gasteiger partial charge in [-0.15, -0.1) is 0 Å². The van der Waals surface area contributed by atoms with Crippen molar-refractivity contribution < 1.29 is 22.4 Å². The predicted molar refractivity (Wildman–Crippen MR) is 102 cm³/mol. The highest BCUT2D eigenvalue weighted by Crippen LogP contribution is 2.32. The van der Waals surface area contributed by atoms with Gasteiger partial charge in [0.2, 0.25) is 0 Å². The molecule has 0 aliphatic carbocycles. The second-order valence-corrected chi connectivity index (χ2v) is 6.50. The summed E-state index contributed by atoms with van der Waals surface area (Å²) in [6.45, 7) is 1.47. The molecule has 156 valence electrons. The van der Waals surface area contributed by atoms with Crippen LogP contribution in [0, 0.1) is 5.82 Å². The topological polar surface area (TPSA) is 90.0 Å². The van der Waals surface area contributed by atoms with E-state index in [2.05, 4.69) is 10.4 Å². The first-order chi connectivity index (χ1) is 14.1. The molecule has 1 aromatic heterocycles. The van der Waals surface area contributed by atoms with E-state index in [0.29, 0.717) is 0 Å². The lowest BCUT2D eigenvalue weighted by Crippen LogP contribution is -2.31. The van der Waals surface area contributed by atoms with Gasteiger partial charge in [0.1, 0.15) is 17.2 Å². The van der Waals surface area contributed by atoms with Crippen molar-refractivity contribution in [2.24, 2.45) is 0 Å². The molecule has 30 heavy (non-hydrogen) atoms. The van der Waals surface area contributed by atoms with Gasteiger partial charge in [0.05, 0.1) is 11.6 Å². The maximum Gasteiger partial charge on any atom is 0.416 e. The standard InChI is InChI=1S/C20H16F4N4O2/c1-11(12-8-13(20(22,23)24)10-14(25)9-12)26-19(30)16-6-7-18(29)28(27-16)17-5-3-2-4-15(17)21/h2-11H,25H2,1H3,(H,26,30)/t11-/m1/s1. The molecule has 1 heterocycles. The number of hydrogen-bond donors (Lipinski definition) is 2. The summed E-state index contributed by atoms with van der Waals surface area (Å²) in [6, 6.07) is 9.71. The van der Waals surface area contributed by atoms with Gasteiger partial charge in [0, 0.05) is 11.8 Å². The van der Waals surface area contributed by atoms with Crippen molar-refractivity contribution in [1.82, 2.24) is 15.1 Å². The lowest BCUT2D eigenvalue weighted by molar-refractivity contribution is -0.137. The molecule has 0 unspecified atom stereocenters. The number of carbonyl (C=O) groups excluding carboxylic acids is 1. The van der Waals surface area contributed by atoms with Crippen molar-refractivity contribution in [2.75, 3.05) is 5.73 Å². The van der Waals surface area contributed by atoms with Crippen LogP contribution in [0.5, 0.6) is 0 Å². The van der Waals surface area contributed by atoms with E-state index in [4.69, 9.17) is 5.73 Å². The molecule has 3 aromatic rings. The van der Waals surface area contributed by atoms with Gasteiger partial charge >= 0.3 is 6.18 Å². The summed E-state index contributed by atoms with van der Waals surface area (Å²) >= 11 is 0. The van der Waals surface area contributed by atoms with E-state index in [1.165, 1.54) is 31.2 Å². The summed E-state index contributed by atoms with van der Waals surface area (Å²) in [6.07, 6.45) is -4.59. The van der Waals surface area contributed by atoms with Crippen LogP contribution in [0.25, 0.3) is 5.69 Å². The molecule has 1 atom stereocenters. The van der Waals surface area contributed by atoms with Crippen molar-refractivity contribution in [3.63, 3.8) is 0 Å². The lowest BCUT2D eigenvalue weighted by atomic mass is 10.0. The van der Waals surface area contributed by atoms with E-state index >= 15 is 0 Å². The van der Waals surface area contributed by atoms with Gasteiger partial charge in [0.15, 0.2) is 0 Å². The maximum absolute atomic E-state index is 14.0. The quantitative estimate of drug-likeness (QED) is 0.500. The van der Waals surface area contributed by atoms with Gasteiger partial charge in [-0.3, -0.25) is 9.59 Å². The Labute approximate surface area is 167 Å². The van der Waals surface area contributed by atoms with Crippen LogP contribution >= 0.6 is 0 Å². The first kappa shape index (κ1) is 21.0. The van der Waals surface area contributed by atoms with E-state index in [-0.39, 0.29) is 22.6 Å². The average Bonchev–Trinajstić information content (AvgIpc) is 2.67. The van der Waals surface area contributed by atoms with E-state index in [1.54, 1.807) is 0 Å². The summed E-state index contributed by atoms with van der Waals surface area (Å²) in [4.78, 5) is 24.6. The number of nitrogens with zero attached hydrogens (tertiary/aromatic N) is 2. The van der Waals surface area contributed by atoms with E-state index in [0.717, 1.165) is 35.0 Å². The number of nitrogens with two attached hydrogens (primary N) is 1. The number of para-hydroxylation sites is 1. The van der Waals surface area contributed by atoms with Crippen LogP contribution in [0.4, 0.5) is 23.2 Å². The number of halogens is 4. The fourth-order valence-electron chi connectivity index (χ4n) is 2.77. The molecule has 3 N–H and O–H groups in total. The zero-order valence-electron chi connectivity index (χ0n) is 15.6. The SMILES string of the molecule is C[C@@H](NC(=O)c1ccc(=O)n(-c2ccccc2F)n1)c1cc(N)cc(C(F)(F)F)c1. The molecule has 2 aromatic carbocycles. The molecule has 1 amide bonds. The monoisotopic (exact) mass is 420 g/mol. The number of hydrogen-bond acceptors (Lipinski definition) is 4. The number of carbonyl (C=O) groups is 1. The molecule has 0 aliphatic heterocycles. The van der Waals surface area contributed by atoms with Gasteiger partial charge in [-0.2, -0.15) is 23.0 Å². The Kier molecular flexibility index (Phi) is 5.59. The first-order valence-electron chi connectivity index (χ1n) is 8.70. The molecular formula is C20H16F4N4O2. The molecule has 0 bridgehead atoms. The van der Waals surface area contributed by atoms with Gasteiger partial charge in [-0.1, -0.05) is 12.1 Å². The van der Waals surface area contributed by atoms with Crippen LogP contribution in [0.3, 0.4) is 0 Å². The van der Waals surface area contributed by atoms with Gasteiger partial charge < -0.3 is 11.1 Å². The third kappa shape index (κ3) is 4.48. The third-order valence-electron chi connectivity index (χ3n) is 4.27. The third-order valence-corrected chi connectivity index (χ3v) is 4.27. The normalized spacial score (nSPS) is 12.4. The number of aromatic nitrogens is 2. The number of nitrogen functional groups attached to an aromatic ring is 1. The largest absolute Gasteiger partial charge is 0.416 e. The molecule has 0 radical (unpaired) electrons. The Morgan fingerprint density at radius 3 is 2.50 bits per heavy atom. The fraction of sp³-hybridized carbons (Fsp3) is 0.150. The molecule has 0 aliphatic rings. The minimum Gasteiger partial charge on any atom is -0.399 e. The second kappa shape index (κ2) is 7.97. The van der Waals surface area contributed by atoms with E-state index in [9.17, 15) is 27.2 Å². The fourth-order valence-corrected chi connectivity index (χ4v) is 2.77. The van der Waals surface area contributed by atoms with Crippen LogP contribution in [0.2, 0.25) is 0 Å². The highest BCUT2D eigenvalue weighted by molar-refractivity contribution is 5.92. The number of benzene rings is 2. The molecule has 6 nitrogen and oxygen atoms in total. The molecule has 0 saturated heterocycles. The zero-order valence-corrected chi connectivity index (χ0v) is 15.6. The molecule has 3 rings (SSSR count). The van der Waals surface area contributed by atoms with E-state index in [1.807, 2.05) is 0 Å². The highest BCUT2D eigenvalue weighted by Gasteiger charge is 2.31. The molecule has 0 fully saturated rings. The summed E-state index contributed by atoms with van der Waals surface area (Å²) < 4.78 is 53.7. The van der Waals surface area contributed by atoms with Crippen molar-refractivity contribution in [1.29, 1.82) is 0 Å². The number of anilines is 1. The summed E-state index contributed by atoms with van der Waals surface area (Å²) in [5.74, 6) is -1.47. The summed E-state index contributed by atoms with van der Waals surface area (Å²) in [5, 5.41) is 6.37. The summed E-state index contributed by atoms with van der Waals surface area (Å²) in [5.41, 5.74) is 3.63. The molecule has 0 spiro atoms. The number of alkyl halides is 3. The van der Waals surface area contributed by atoms with E-state index < -0.39 is 35.1 Å². The first-order valence-corrected chi connectivity index (χ1v) is 8.70. The number of nitrogens with one attached hydrogen (secondary N) is 1. The predicted octanol–water partition coefficient (Wildman–Crippen LogP) is 3.46. The second-order valence-electron chi connectivity index (χ2n) is 6.50. The highest BCUT2D eigenvalue weighted by atomic mass is 19.4. The lowest BCUT2D eigenvalue weighted by Gasteiger charge is -2.17.